The molecule has 0 aliphatic carbocycles. The number of hydrogen-bond donors (Lipinski definition) is 1. The number of aliphatic hydroxyl groups excluding tert-OH is 1. The van der Waals surface area contributed by atoms with Gasteiger partial charge >= 0.3 is 0 Å². The molecule has 1 N–H and O–H groups in total. The van der Waals surface area contributed by atoms with E-state index in [4.69, 9.17) is 4.74 Å². The zero-order valence-electron chi connectivity index (χ0n) is 11.0. The third kappa shape index (κ3) is 2.83. The van der Waals surface area contributed by atoms with Gasteiger partial charge in [-0.05, 0) is 36.2 Å². The first-order valence-electron chi connectivity index (χ1n) is 5.91. The van der Waals surface area contributed by atoms with Crippen LogP contribution in [0.1, 0.15) is 22.8 Å². The predicted molar refractivity (Wildman–Crippen MR) is 75.9 cm³/mol. The molecule has 0 aliphatic heterocycles. The van der Waals surface area contributed by atoms with Crippen molar-refractivity contribution in [2.75, 3.05) is 7.11 Å². The molecule has 0 radical (unpaired) electrons. The maximum absolute atomic E-state index is 13.8. The van der Waals surface area contributed by atoms with Crippen LogP contribution < -0.4 is 4.74 Å². The molecule has 0 heterocycles. The van der Waals surface area contributed by atoms with Crippen LogP contribution >= 0.6 is 15.9 Å². The van der Waals surface area contributed by atoms with Crippen molar-refractivity contribution in [3.05, 3.63) is 63.1 Å². The summed E-state index contributed by atoms with van der Waals surface area (Å²) < 4.78 is 32.7. The van der Waals surface area contributed by atoms with Crippen LogP contribution in [-0.2, 0) is 0 Å². The number of ether oxygens (including phenoxy) is 1. The van der Waals surface area contributed by atoms with Crippen molar-refractivity contribution in [3.8, 4) is 5.75 Å². The highest BCUT2D eigenvalue weighted by Crippen LogP contribution is 2.33. The lowest BCUT2D eigenvalue weighted by molar-refractivity contribution is 0.213. The number of aryl methyl sites for hydroxylation is 1. The molecule has 0 saturated heterocycles. The van der Waals surface area contributed by atoms with E-state index in [0.717, 1.165) is 6.07 Å². The molecule has 2 rings (SSSR count). The van der Waals surface area contributed by atoms with E-state index in [9.17, 15) is 13.9 Å². The Hall–Kier alpha value is -1.46. The SMILES string of the molecule is COc1ccc(C(O)c2cc(C)c(F)cc2F)c(Br)c1. The lowest BCUT2D eigenvalue weighted by atomic mass is 9.99. The number of methoxy groups -OCH3 is 1. The van der Waals surface area contributed by atoms with E-state index in [-0.39, 0.29) is 11.1 Å². The van der Waals surface area contributed by atoms with Gasteiger partial charge in [0, 0.05) is 16.1 Å². The zero-order chi connectivity index (χ0) is 14.9. The molecule has 0 aliphatic rings. The standard InChI is InChI=1S/C15H13BrF2O2/c1-8-5-11(14(18)7-13(8)17)15(19)10-4-3-9(20-2)6-12(10)16/h3-7,15,19H,1-2H3. The average Bonchev–Trinajstić information content (AvgIpc) is 2.42. The van der Waals surface area contributed by atoms with Crippen molar-refractivity contribution in [2.45, 2.75) is 13.0 Å². The lowest BCUT2D eigenvalue weighted by Gasteiger charge is -2.16. The van der Waals surface area contributed by atoms with Crippen molar-refractivity contribution in [1.29, 1.82) is 0 Å². The smallest absolute Gasteiger partial charge is 0.132 e. The second-order valence-corrected chi connectivity index (χ2v) is 5.27. The normalized spacial score (nSPS) is 12.3. The van der Waals surface area contributed by atoms with Gasteiger partial charge in [0.15, 0.2) is 0 Å². The molecular formula is C15H13BrF2O2. The third-order valence-corrected chi connectivity index (χ3v) is 3.76. The second kappa shape index (κ2) is 5.89. The number of hydrogen-bond acceptors (Lipinski definition) is 2. The molecule has 1 atom stereocenters. The molecule has 0 aromatic heterocycles. The van der Waals surface area contributed by atoms with Crippen LogP contribution in [0.25, 0.3) is 0 Å². The summed E-state index contributed by atoms with van der Waals surface area (Å²) in [7, 11) is 1.53. The highest BCUT2D eigenvalue weighted by atomic mass is 79.9. The molecule has 2 aromatic carbocycles. The predicted octanol–water partition coefficient (Wildman–Crippen LogP) is 4.13. The summed E-state index contributed by atoms with van der Waals surface area (Å²) >= 11 is 3.31. The third-order valence-electron chi connectivity index (χ3n) is 3.07. The molecule has 0 saturated carbocycles. The summed E-state index contributed by atoms with van der Waals surface area (Å²) in [6, 6.07) is 7.06. The topological polar surface area (TPSA) is 29.5 Å². The van der Waals surface area contributed by atoms with E-state index < -0.39 is 17.7 Å². The fourth-order valence-electron chi connectivity index (χ4n) is 1.91. The Morgan fingerprint density at radius 3 is 2.40 bits per heavy atom. The summed E-state index contributed by atoms with van der Waals surface area (Å²) in [6.45, 7) is 1.52. The number of aliphatic hydroxyl groups is 1. The Bertz CT molecular complexity index is 644. The van der Waals surface area contributed by atoms with Gasteiger partial charge in [0.2, 0.25) is 0 Å². The first-order valence-corrected chi connectivity index (χ1v) is 6.70. The molecule has 2 aromatic rings. The van der Waals surface area contributed by atoms with Crippen molar-refractivity contribution in [1.82, 2.24) is 0 Å². The largest absolute Gasteiger partial charge is 0.497 e. The van der Waals surface area contributed by atoms with Crippen molar-refractivity contribution >= 4 is 15.9 Å². The Kier molecular flexibility index (Phi) is 4.40. The van der Waals surface area contributed by atoms with Crippen LogP contribution in [0, 0.1) is 18.6 Å². The molecule has 0 fully saturated rings. The van der Waals surface area contributed by atoms with Crippen LogP contribution in [-0.4, -0.2) is 12.2 Å². The summed E-state index contributed by atoms with van der Waals surface area (Å²) in [5.41, 5.74) is 0.801. The van der Waals surface area contributed by atoms with Crippen molar-refractivity contribution < 1.29 is 18.6 Å². The van der Waals surface area contributed by atoms with Gasteiger partial charge in [-0.25, -0.2) is 8.78 Å². The highest BCUT2D eigenvalue weighted by Gasteiger charge is 2.19. The first-order chi connectivity index (χ1) is 9.43. The highest BCUT2D eigenvalue weighted by molar-refractivity contribution is 9.10. The Balaban J connectivity index is 2.46. The fourth-order valence-corrected chi connectivity index (χ4v) is 2.49. The van der Waals surface area contributed by atoms with E-state index >= 15 is 0 Å². The van der Waals surface area contributed by atoms with Gasteiger partial charge in [0.25, 0.3) is 0 Å². The molecule has 20 heavy (non-hydrogen) atoms. The average molecular weight is 343 g/mol. The second-order valence-electron chi connectivity index (χ2n) is 4.41. The number of halogens is 3. The molecule has 2 nitrogen and oxygen atoms in total. The molecule has 0 spiro atoms. The fraction of sp³-hybridized carbons (Fsp3) is 0.200. The van der Waals surface area contributed by atoms with E-state index in [1.165, 1.54) is 20.1 Å². The van der Waals surface area contributed by atoms with Gasteiger partial charge in [-0.3, -0.25) is 0 Å². The maximum Gasteiger partial charge on any atom is 0.132 e. The van der Waals surface area contributed by atoms with Gasteiger partial charge in [-0.15, -0.1) is 0 Å². The van der Waals surface area contributed by atoms with E-state index in [0.29, 0.717) is 15.8 Å². The van der Waals surface area contributed by atoms with E-state index in [1.807, 2.05) is 0 Å². The van der Waals surface area contributed by atoms with Gasteiger partial charge in [0.1, 0.15) is 23.5 Å². The van der Waals surface area contributed by atoms with Crippen LogP contribution in [0.5, 0.6) is 5.75 Å². The van der Waals surface area contributed by atoms with Crippen LogP contribution in [0.15, 0.2) is 34.8 Å². The van der Waals surface area contributed by atoms with Gasteiger partial charge in [-0.1, -0.05) is 22.0 Å². The van der Waals surface area contributed by atoms with Gasteiger partial charge < -0.3 is 9.84 Å². The van der Waals surface area contributed by atoms with Gasteiger partial charge in [0.05, 0.1) is 7.11 Å². The summed E-state index contributed by atoms with van der Waals surface area (Å²) in [5, 5.41) is 10.3. The quantitative estimate of drug-likeness (QED) is 0.908. The molecule has 0 bridgehead atoms. The summed E-state index contributed by atoms with van der Waals surface area (Å²) in [6.07, 6.45) is -1.19. The maximum atomic E-state index is 13.8. The summed E-state index contributed by atoms with van der Waals surface area (Å²) in [4.78, 5) is 0. The van der Waals surface area contributed by atoms with Crippen LogP contribution in [0.2, 0.25) is 0 Å². The number of rotatable bonds is 3. The van der Waals surface area contributed by atoms with Gasteiger partial charge in [-0.2, -0.15) is 0 Å². The Morgan fingerprint density at radius 2 is 1.80 bits per heavy atom. The molecule has 5 heteroatoms. The lowest BCUT2D eigenvalue weighted by Crippen LogP contribution is -2.05. The van der Waals surface area contributed by atoms with E-state index in [2.05, 4.69) is 15.9 Å². The Labute approximate surface area is 124 Å². The molecular weight excluding hydrogens is 330 g/mol. The minimum absolute atomic E-state index is 0.0368. The van der Waals surface area contributed by atoms with Crippen LogP contribution in [0.4, 0.5) is 8.78 Å². The zero-order valence-corrected chi connectivity index (χ0v) is 12.5. The molecule has 106 valence electrons. The monoisotopic (exact) mass is 342 g/mol. The van der Waals surface area contributed by atoms with Crippen LogP contribution in [0.3, 0.4) is 0 Å². The minimum atomic E-state index is -1.19. The first kappa shape index (κ1) is 14.9. The molecule has 1 unspecified atom stereocenters. The van der Waals surface area contributed by atoms with Crippen molar-refractivity contribution in [2.24, 2.45) is 0 Å². The minimum Gasteiger partial charge on any atom is -0.497 e. The van der Waals surface area contributed by atoms with E-state index in [1.54, 1.807) is 18.2 Å². The number of benzene rings is 2. The van der Waals surface area contributed by atoms with Crippen molar-refractivity contribution in [3.63, 3.8) is 0 Å². The molecule has 0 amide bonds. The summed E-state index contributed by atoms with van der Waals surface area (Å²) in [5.74, 6) is -0.792. The Morgan fingerprint density at radius 1 is 1.10 bits per heavy atom.